The van der Waals surface area contributed by atoms with E-state index in [1.807, 2.05) is 59.2 Å². The van der Waals surface area contributed by atoms with Crippen molar-refractivity contribution in [2.24, 2.45) is 0 Å². The topological polar surface area (TPSA) is 78.5 Å². The summed E-state index contributed by atoms with van der Waals surface area (Å²) in [5.41, 5.74) is 2.41. The number of halogens is 1. The van der Waals surface area contributed by atoms with Crippen molar-refractivity contribution in [3.05, 3.63) is 106 Å². The van der Waals surface area contributed by atoms with E-state index in [0.29, 0.717) is 27.5 Å². The fourth-order valence-electron chi connectivity index (χ4n) is 3.36. The van der Waals surface area contributed by atoms with Crippen molar-refractivity contribution in [3.8, 4) is 5.69 Å². The average molecular weight is 461 g/mol. The van der Waals surface area contributed by atoms with Gasteiger partial charge >= 0.3 is 0 Å². The van der Waals surface area contributed by atoms with Crippen LogP contribution in [0.5, 0.6) is 0 Å². The Morgan fingerprint density at radius 1 is 0.844 bits per heavy atom. The summed E-state index contributed by atoms with van der Waals surface area (Å²) in [6.07, 6.45) is 0.618. The van der Waals surface area contributed by atoms with Crippen LogP contribution >= 0.6 is 23.4 Å². The molecule has 5 rings (SSSR count). The Bertz CT molecular complexity index is 1430. The maximum absolute atomic E-state index is 12.8. The molecule has 0 saturated carbocycles. The number of fused-ring (bicyclic) bond motifs is 1. The van der Waals surface area contributed by atoms with Gasteiger partial charge in [-0.2, -0.15) is 4.68 Å². The first kappa shape index (κ1) is 20.4. The average Bonchev–Trinajstić information content (AvgIpc) is 3.22. The van der Waals surface area contributed by atoms with Crippen molar-refractivity contribution in [2.45, 2.75) is 17.5 Å². The zero-order valence-electron chi connectivity index (χ0n) is 16.8. The first-order valence-corrected chi connectivity index (χ1v) is 11.2. The predicted molar refractivity (Wildman–Crippen MR) is 125 cm³/mol. The molecular weight excluding hydrogens is 444 g/mol. The molecule has 5 aromatic rings. The lowest BCUT2D eigenvalue weighted by Gasteiger charge is -2.11. The molecule has 0 unspecified atom stereocenters. The molecule has 2 heterocycles. The third-order valence-corrected chi connectivity index (χ3v) is 6.08. The molecular formula is C23H17ClN6OS. The highest BCUT2D eigenvalue weighted by Crippen LogP contribution is 2.25. The molecule has 0 radical (unpaired) electrons. The quantitative estimate of drug-likeness (QED) is 0.350. The fraction of sp³-hybridized carbons (Fsp3) is 0.0870. The first-order chi connectivity index (χ1) is 15.7. The molecule has 2 aromatic heterocycles. The Morgan fingerprint density at radius 3 is 2.41 bits per heavy atom. The molecule has 7 nitrogen and oxygen atoms in total. The third kappa shape index (κ3) is 4.15. The van der Waals surface area contributed by atoms with Crippen LogP contribution in [0.1, 0.15) is 11.4 Å². The summed E-state index contributed by atoms with van der Waals surface area (Å²) in [6.45, 7) is 0. The highest BCUT2D eigenvalue weighted by Gasteiger charge is 2.16. The lowest BCUT2D eigenvalue weighted by molar-refractivity contribution is 0.643. The Hall–Kier alpha value is -3.49. The van der Waals surface area contributed by atoms with Crippen LogP contribution in [-0.2, 0) is 12.3 Å². The van der Waals surface area contributed by atoms with Crippen molar-refractivity contribution >= 4 is 34.3 Å². The number of hydrogen-bond acceptors (Lipinski definition) is 6. The minimum Gasteiger partial charge on any atom is -0.274 e. The fourth-order valence-corrected chi connectivity index (χ4v) is 4.33. The minimum absolute atomic E-state index is 0.190. The van der Waals surface area contributed by atoms with Gasteiger partial charge in [0, 0.05) is 17.1 Å². The van der Waals surface area contributed by atoms with E-state index in [9.17, 15) is 4.79 Å². The van der Waals surface area contributed by atoms with Gasteiger partial charge in [-0.05, 0) is 42.0 Å². The molecule has 0 saturated heterocycles. The molecule has 0 bridgehead atoms. The van der Waals surface area contributed by atoms with Crippen molar-refractivity contribution in [1.82, 2.24) is 29.8 Å². The summed E-state index contributed by atoms with van der Waals surface area (Å²) in [5, 5.41) is 18.9. The molecule has 0 spiro atoms. The van der Waals surface area contributed by atoms with Gasteiger partial charge in [0.15, 0.2) is 5.16 Å². The van der Waals surface area contributed by atoms with Crippen LogP contribution in [0.4, 0.5) is 0 Å². The number of nitrogens with zero attached hydrogens (tertiary/aromatic N) is 6. The van der Waals surface area contributed by atoms with Crippen molar-refractivity contribution in [2.75, 3.05) is 0 Å². The van der Waals surface area contributed by atoms with Gasteiger partial charge in [-0.1, -0.05) is 71.0 Å². The van der Waals surface area contributed by atoms with E-state index >= 15 is 0 Å². The van der Waals surface area contributed by atoms with Gasteiger partial charge in [-0.15, -0.1) is 15.3 Å². The molecule has 9 heteroatoms. The molecule has 3 aromatic carbocycles. The minimum atomic E-state index is -0.190. The maximum atomic E-state index is 12.8. The summed E-state index contributed by atoms with van der Waals surface area (Å²) in [5.74, 6) is 1.05. The van der Waals surface area contributed by atoms with Crippen LogP contribution in [-0.4, -0.2) is 29.8 Å². The summed E-state index contributed by atoms with van der Waals surface area (Å²) >= 11 is 7.46. The summed E-state index contributed by atoms with van der Waals surface area (Å²) in [6, 6.07) is 24.8. The van der Waals surface area contributed by atoms with Crippen molar-refractivity contribution in [3.63, 3.8) is 0 Å². The van der Waals surface area contributed by atoms with Crippen molar-refractivity contribution < 1.29 is 0 Å². The van der Waals surface area contributed by atoms with Gasteiger partial charge in [0.05, 0.1) is 11.3 Å². The molecule has 0 aliphatic rings. The van der Waals surface area contributed by atoms with Crippen molar-refractivity contribution in [1.29, 1.82) is 0 Å². The molecule has 32 heavy (non-hydrogen) atoms. The lowest BCUT2D eigenvalue weighted by atomic mass is 10.1. The summed E-state index contributed by atoms with van der Waals surface area (Å²) in [7, 11) is 0. The molecule has 158 valence electrons. The van der Waals surface area contributed by atoms with Crippen LogP contribution in [0.2, 0.25) is 5.02 Å². The van der Waals surface area contributed by atoms with Gasteiger partial charge in [0.1, 0.15) is 11.3 Å². The highest BCUT2D eigenvalue weighted by molar-refractivity contribution is 7.98. The Kier molecular flexibility index (Phi) is 5.70. The number of thioether (sulfide) groups is 1. The van der Waals surface area contributed by atoms with E-state index in [1.54, 1.807) is 12.1 Å². The highest BCUT2D eigenvalue weighted by atomic mass is 35.5. The number of benzene rings is 3. The van der Waals surface area contributed by atoms with E-state index in [1.165, 1.54) is 16.4 Å². The zero-order valence-corrected chi connectivity index (χ0v) is 18.4. The van der Waals surface area contributed by atoms with Gasteiger partial charge in [0.25, 0.3) is 5.56 Å². The van der Waals surface area contributed by atoms with Crippen LogP contribution < -0.4 is 5.56 Å². The van der Waals surface area contributed by atoms with E-state index in [0.717, 1.165) is 17.1 Å². The van der Waals surface area contributed by atoms with Gasteiger partial charge in [-0.3, -0.25) is 9.36 Å². The second-order valence-electron chi connectivity index (χ2n) is 7.06. The van der Waals surface area contributed by atoms with Gasteiger partial charge in [-0.25, -0.2) is 0 Å². The number of aromatic nitrogens is 6. The predicted octanol–water partition coefficient (Wildman–Crippen LogP) is 4.37. The van der Waals surface area contributed by atoms with Gasteiger partial charge < -0.3 is 0 Å². The first-order valence-electron chi connectivity index (χ1n) is 9.88. The maximum Gasteiger partial charge on any atom is 0.278 e. The van der Waals surface area contributed by atoms with Crippen LogP contribution in [0.25, 0.3) is 16.6 Å². The summed E-state index contributed by atoms with van der Waals surface area (Å²) < 4.78 is 3.32. The number of hydrogen-bond donors (Lipinski definition) is 0. The van der Waals surface area contributed by atoms with E-state index in [2.05, 4.69) is 32.6 Å². The largest absolute Gasteiger partial charge is 0.278 e. The Balaban J connectivity index is 1.49. The Morgan fingerprint density at radius 2 is 1.59 bits per heavy atom. The molecule has 0 N–H and O–H groups in total. The van der Waals surface area contributed by atoms with E-state index in [4.69, 9.17) is 11.6 Å². The second kappa shape index (κ2) is 8.94. The molecule has 0 fully saturated rings. The molecule has 0 aliphatic heterocycles. The standard InChI is InChI=1S/C23H17ClN6OS/c24-17-10-12-18(13-11-17)30-21(14-16-6-2-1-3-7-16)26-27-23(30)32-15-29-22(31)19-8-4-5-9-20(19)25-28-29/h1-13H,14-15H2. The monoisotopic (exact) mass is 460 g/mol. The number of rotatable bonds is 6. The van der Waals surface area contributed by atoms with Crippen LogP contribution in [0.15, 0.2) is 88.8 Å². The Labute approximate surface area is 192 Å². The third-order valence-electron chi connectivity index (χ3n) is 4.94. The lowest BCUT2D eigenvalue weighted by Crippen LogP contribution is -2.23. The molecule has 0 aliphatic carbocycles. The van der Waals surface area contributed by atoms with E-state index in [-0.39, 0.29) is 11.4 Å². The SMILES string of the molecule is O=c1c2ccccc2nnn1CSc1nnc(Cc2ccccc2)n1-c1ccc(Cl)cc1. The zero-order chi connectivity index (χ0) is 21.9. The second-order valence-corrected chi connectivity index (χ2v) is 8.41. The smallest absolute Gasteiger partial charge is 0.274 e. The molecule has 0 atom stereocenters. The van der Waals surface area contributed by atoms with Crippen LogP contribution in [0.3, 0.4) is 0 Å². The molecule has 0 amide bonds. The normalized spacial score (nSPS) is 11.2. The van der Waals surface area contributed by atoms with Crippen LogP contribution in [0, 0.1) is 0 Å². The van der Waals surface area contributed by atoms with Gasteiger partial charge in [0.2, 0.25) is 0 Å². The summed E-state index contributed by atoms with van der Waals surface area (Å²) in [4.78, 5) is 12.8. The van der Waals surface area contributed by atoms with E-state index < -0.39 is 0 Å².